The van der Waals surface area contributed by atoms with Crippen LogP contribution in [0.5, 0.6) is 0 Å². The minimum atomic E-state index is 0.364. The van der Waals surface area contributed by atoms with E-state index in [4.69, 9.17) is 0 Å². The molecule has 0 heterocycles. The smallest absolute Gasteiger partial charge is 0.0187 e. The molecular weight excluding hydrogens is 194 g/mol. The van der Waals surface area contributed by atoms with Crippen LogP contribution in [-0.4, -0.2) is 11.6 Å². The van der Waals surface area contributed by atoms with Crippen molar-refractivity contribution in [1.29, 1.82) is 0 Å². The van der Waals surface area contributed by atoms with Gasteiger partial charge in [0.15, 0.2) is 0 Å². The summed E-state index contributed by atoms with van der Waals surface area (Å²) in [5.41, 5.74) is 1.82. The number of nitrogens with one attached hydrogen (secondary N) is 1. The standard InChI is InChI=1S/C15H27N/c1-12-9-10-15(3,13(2)11-12)16-14-7-5-4-6-8-14/h13-14,16H,1,4-11H2,2-3H3. The average molecular weight is 221 g/mol. The molecule has 2 rings (SSSR count). The van der Waals surface area contributed by atoms with Crippen LogP contribution in [0.15, 0.2) is 12.2 Å². The van der Waals surface area contributed by atoms with Crippen molar-refractivity contribution in [2.24, 2.45) is 5.92 Å². The van der Waals surface area contributed by atoms with Gasteiger partial charge in [-0.15, -0.1) is 0 Å². The van der Waals surface area contributed by atoms with E-state index in [0.717, 1.165) is 12.0 Å². The maximum Gasteiger partial charge on any atom is 0.0187 e. The SMILES string of the molecule is C=C1CCC(C)(NC2CCCCC2)C(C)C1. The molecular formula is C15H27N. The quantitative estimate of drug-likeness (QED) is 0.694. The highest BCUT2D eigenvalue weighted by Crippen LogP contribution is 2.36. The molecule has 1 heteroatoms. The Labute approximate surface area is 101 Å². The lowest BCUT2D eigenvalue weighted by atomic mass is 9.72. The molecule has 2 saturated carbocycles. The fourth-order valence-corrected chi connectivity index (χ4v) is 3.37. The van der Waals surface area contributed by atoms with Gasteiger partial charge in [-0.05, 0) is 44.9 Å². The van der Waals surface area contributed by atoms with Crippen LogP contribution < -0.4 is 5.32 Å². The average Bonchev–Trinajstić information content (AvgIpc) is 2.26. The monoisotopic (exact) mass is 221 g/mol. The summed E-state index contributed by atoms with van der Waals surface area (Å²) >= 11 is 0. The van der Waals surface area contributed by atoms with Crippen molar-refractivity contribution in [3.05, 3.63) is 12.2 Å². The third kappa shape index (κ3) is 2.68. The molecule has 0 aliphatic heterocycles. The highest BCUT2D eigenvalue weighted by molar-refractivity contribution is 5.08. The van der Waals surface area contributed by atoms with E-state index in [-0.39, 0.29) is 0 Å². The highest BCUT2D eigenvalue weighted by atomic mass is 15.0. The van der Waals surface area contributed by atoms with Crippen LogP contribution >= 0.6 is 0 Å². The van der Waals surface area contributed by atoms with E-state index in [9.17, 15) is 0 Å². The van der Waals surface area contributed by atoms with Crippen molar-refractivity contribution in [3.63, 3.8) is 0 Å². The van der Waals surface area contributed by atoms with Gasteiger partial charge >= 0.3 is 0 Å². The summed E-state index contributed by atoms with van der Waals surface area (Å²) in [7, 11) is 0. The first kappa shape index (κ1) is 12.2. The summed E-state index contributed by atoms with van der Waals surface area (Å²) in [5, 5.41) is 3.96. The van der Waals surface area contributed by atoms with Gasteiger partial charge in [0.05, 0.1) is 0 Å². The Morgan fingerprint density at radius 3 is 2.56 bits per heavy atom. The van der Waals surface area contributed by atoms with Gasteiger partial charge in [-0.2, -0.15) is 0 Å². The van der Waals surface area contributed by atoms with Gasteiger partial charge in [0, 0.05) is 11.6 Å². The van der Waals surface area contributed by atoms with Gasteiger partial charge in [-0.25, -0.2) is 0 Å². The summed E-state index contributed by atoms with van der Waals surface area (Å²) in [5.74, 6) is 0.746. The van der Waals surface area contributed by atoms with Crippen molar-refractivity contribution >= 4 is 0 Å². The Balaban J connectivity index is 1.93. The molecule has 2 atom stereocenters. The molecule has 92 valence electrons. The molecule has 16 heavy (non-hydrogen) atoms. The summed E-state index contributed by atoms with van der Waals surface area (Å²) in [4.78, 5) is 0. The maximum atomic E-state index is 4.15. The Kier molecular flexibility index (Phi) is 3.73. The zero-order valence-corrected chi connectivity index (χ0v) is 11.0. The van der Waals surface area contributed by atoms with Crippen molar-refractivity contribution in [3.8, 4) is 0 Å². The molecule has 2 aliphatic carbocycles. The normalized spacial score (nSPS) is 37.6. The number of allylic oxidation sites excluding steroid dienone is 1. The van der Waals surface area contributed by atoms with Gasteiger partial charge < -0.3 is 5.32 Å². The first-order valence-electron chi connectivity index (χ1n) is 7.04. The van der Waals surface area contributed by atoms with Crippen LogP contribution in [0.2, 0.25) is 0 Å². The van der Waals surface area contributed by atoms with E-state index >= 15 is 0 Å². The maximum absolute atomic E-state index is 4.15. The van der Waals surface area contributed by atoms with Gasteiger partial charge in [0.1, 0.15) is 0 Å². The zero-order chi connectivity index (χ0) is 11.6. The van der Waals surface area contributed by atoms with Crippen LogP contribution in [0.4, 0.5) is 0 Å². The Bertz CT molecular complexity index is 252. The summed E-state index contributed by atoms with van der Waals surface area (Å²) in [6, 6.07) is 0.785. The minimum absolute atomic E-state index is 0.364. The lowest BCUT2D eigenvalue weighted by Crippen LogP contribution is -2.54. The van der Waals surface area contributed by atoms with Crippen LogP contribution in [-0.2, 0) is 0 Å². The van der Waals surface area contributed by atoms with Crippen LogP contribution in [0, 0.1) is 5.92 Å². The van der Waals surface area contributed by atoms with E-state index in [1.165, 1.54) is 56.9 Å². The second-order valence-corrected chi connectivity index (χ2v) is 6.25. The topological polar surface area (TPSA) is 12.0 Å². The molecule has 0 amide bonds. The first-order valence-corrected chi connectivity index (χ1v) is 7.04. The molecule has 0 aromatic heterocycles. The van der Waals surface area contributed by atoms with Crippen molar-refractivity contribution in [2.75, 3.05) is 0 Å². The summed E-state index contributed by atoms with van der Waals surface area (Å²) in [6.07, 6.45) is 10.8. The Hall–Kier alpha value is -0.300. The first-order chi connectivity index (χ1) is 7.60. The van der Waals surface area contributed by atoms with Crippen molar-refractivity contribution in [1.82, 2.24) is 5.32 Å². The third-order valence-electron chi connectivity index (χ3n) is 4.82. The zero-order valence-electron chi connectivity index (χ0n) is 11.0. The molecule has 2 fully saturated rings. The molecule has 0 saturated heterocycles. The minimum Gasteiger partial charge on any atom is -0.308 e. The largest absolute Gasteiger partial charge is 0.308 e. The van der Waals surface area contributed by atoms with Gasteiger partial charge in [0.2, 0.25) is 0 Å². The van der Waals surface area contributed by atoms with E-state index < -0.39 is 0 Å². The van der Waals surface area contributed by atoms with Crippen molar-refractivity contribution in [2.45, 2.75) is 76.8 Å². The number of rotatable bonds is 2. The third-order valence-corrected chi connectivity index (χ3v) is 4.82. The summed E-state index contributed by atoms with van der Waals surface area (Å²) in [6.45, 7) is 8.97. The van der Waals surface area contributed by atoms with E-state index in [0.29, 0.717) is 5.54 Å². The fraction of sp³-hybridized carbons (Fsp3) is 0.867. The molecule has 0 aromatic carbocycles. The van der Waals surface area contributed by atoms with Gasteiger partial charge in [-0.3, -0.25) is 0 Å². The molecule has 0 radical (unpaired) electrons. The molecule has 2 aliphatic rings. The second kappa shape index (κ2) is 4.91. The second-order valence-electron chi connectivity index (χ2n) is 6.25. The van der Waals surface area contributed by atoms with E-state index in [2.05, 4.69) is 25.7 Å². The lowest BCUT2D eigenvalue weighted by Gasteiger charge is -2.44. The predicted molar refractivity (Wildman–Crippen MR) is 70.6 cm³/mol. The van der Waals surface area contributed by atoms with Gasteiger partial charge in [-0.1, -0.05) is 38.3 Å². The fourth-order valence-electron chi connectivity index (χ4n) is 3.37. The van der Waals surface area contributed by atoms with Crippen LogP contribution in [0.3, 0.4) is 0 Å². The molecule has 1 nitrogen and oxygen atoms in total. The van der Waals surface area contributed by atoms with E-state index in [1.807, 2.05) is 0 Å². The Morgan fingerprint density at radius 2 is 1.94 bits per heavy atom. The van der Waals surface area contributed by atoms with E-state index in [1.54, 1.807) is 0 Å². The van der Waals surface area contributed by atoms with Crippen LogP contribution in [0.1, 0.15) is 65.2 Å². The molecule has 0 aromatic rings. The highest BCUT2D eigenvalue weighted by Gasteiger charge is 2.36. The van der Waals surface area contributed by atoms with Crippen LogP contribution in [0.25, 0.3) is 0 Å². The molecule has 1 N–H and O–H groups in total. The number of hydrogen-bond acceptors (Lipinski definition) is 1. The predicted octanol–water partition coefficient (Wildman–Crippen LogP) is 4.04. The van der Waals surface area contributed by atoms with Gasteiger partial charge in [0.25, 0.3) is 0 Å². The summed E-state index contributed by atoms with van der Waals surface area (Å²) < 4.78 is 0. The Morgan fingerprint density at radius 1 is 1.25 bits per heavy atom. The lowest BCUT2D eigenvalue weighted by molar-refractivity contribution is 0.164. The molecule has 2 unspecified atom stereocenters. The molecule has 0 bridgehead atoms. The number of hydrogen-bond donors (Lipinski definition) is 1. The molecule has 0 spiro atoms. The van der Waals surface area contributed by atoms with Crippen molar-refractivity contribution < 1.29 is 0 Å².